The van der Waals surface area contributed by atoms with Crippen LogP contribution in [0.5, 0.6) is 0 Å². The van der Waals surface area contributed by atoms with Crippen LogP contribution in [0.15, 0.2) is 10.6 Å². The first-order chi connectivity index (χ1) is 12.5. The van der Waals surface area contributed by atoms with E-state index >= 15 is 0 Å². The van der Waals surface area contributed by atoms with Gasteiger partial charge in [-0.05, 0) is 6.92 Å². The minimum Gasteiger partial charge on any atom is -0.477 e. The summed E-state index contributed by atoms with van der Waals surface area (Å²) < 4.78 is 24.3. The monoisotopic (exact) mass is 421 g/mol. The fourth-order valence-electron chi connectivity index (χ4n) is 4.22. The summed E-state index contributed by atoms with van der Waals surface area (Å²) in [5.74, 6) is -2.23. The van der Waals surface area contributed by atoms with Gasteiger partial charge in [0.05, 0.1) is 36.4 Å². The van der Waals surface area contributed by atoms with Crippen molar-refractivity contribution in [2.45, 2.75) is 43.7 Å². The summed E-state index contributed by atoms with van der Waals surface area (Å²) in [5.41, 5.74) is 0.0190. The zero-order valence-corrected chi connectivity index (χ0v) is 16.7. The molecule has 3 aliphatic rings. The molecule has 10 nitrogen and oxygen atoms in total. The van der Waals surface area contributed by atoms with Crippen molar-refractivity contribution in [2.24, 2.45) is 17.0 Å². The summed E-state index contributed by atoms with van der Waals surface area (Å²) in [6.45, 7) is 4.36. The topological polar surface area (TPSA) is 167 Å². The Labute approximate surface area is 161 Å². The van der Waals surface area contributed by atoms with Crippen LogP contribution in [0.1, 0.15) is 20.3 Å². The zero-order valence-electron chi connectivity index (χ0n) is 15.0. The van der Waals surface area contributed by atoms with Gasteiger partial charge >= 0.3 is 5.97 Å². The largest absolute Gasteiger partial charge is 0.477 e. The van der Waals surface area contributed by atoms with Crippen LogP contribution in [0.3, 0.4) is 0 Å². The Bertz CT molecular complexity index is 783. The highest BCUT2D eigenvalue weighted by molar-refractivity contribution is 8.03. The number of carboxylic acid groups (broad SMARTS) is 1. The Morgan fingerprint density at radius 2 is 2.19 bits per heavy atom. The van der Waals surface area contributed by atoms with E-state index in [0.717, 1.165) is 0 Å². The maximum Gasteiger partial charge on any atom is 0.353 e. The number of carboxylic acids is 1. The molecule has 3 rings (SSSR count). The zero-order chi connectivity index (χ0) is 20.1. The third-order valence-electron chi connectivity index (χ3n) is 5.45. The number of fused-ring (bicyclic) bond motifs is 1. The molecule has 1 amide bonds. The third-order valence-corrected chi connectivity index (χ3v) is 7.56. The van der Waals surface area contributed by atoms with Crippen LogP contribution in [0.4, 0.5) is 0 Å². The molecule has 2 fully saturated rings. The van der Waals surface area contributed by atoms with Crippen molar-refractivity contribution < 1.29 is 33.5 Å². The molecule has 6 atom stereocenters. The maximum absolute atomic E-state index is 12.3. The summed E-state index contributed by atoms with van der Waals surface area (Å²) >= 11 is 1.44. The molecular weight excluding hydrogens is 396 g/mol. The molecule has 0 aromatic rings. The average molecular weight is 422 g/mol. The third kappa shape index (κ3) is 3.87. The first-order valence-electron chi connectivity index (χ1n) is 8.77. The van der Waals surface area contributed by atoms with Gasteiger partial charge in [0.25, 0.3) is 10.2 Å². The van der Waals surface area contributed by atoms with E-state index in [2.05, 4.69) is 4.72 Å². The summed E-state index contributed by atoms with van der Waals surface area (Å²) in [6.07, 6.45) is -0.136. The average Bonchev–Trinajstić information content (AvgIpc) is 3.07. The van der Waals surface area contributed by atoms with Crippen LogP contribution >= 0.6 is 11.8 Å². The van der Waals surface area contributed by atoms with Gasteiger partial charge in [0, 0.05) is 17.2 Å². The molecule has 152 valence electrons. The van der Waals surface area contributed by atoms with Crippen molar-refractivity contribution in [3.63, 3.8) is 0 Å². The predicted molar refractivity (Wildman–Crippen MR) is 97.3 cm³/mol. The van der Waals surface area contributed by atoms with Crippen molar-refractivity contribution in [3.8, 4) is 0 Å². The van der Waals surface area contributed by atoms with Crippen LogP contribution in [-0.4, -0.2) is 71.9 Å². The van der Waals surface area contributed by atoms with E-state index in [1.165, 1.54) is 16.7 Å². The van der Waals surface area contributed by atoms with Crippen LogP contribution in [0, 0.1) is 11.8 Å². The van der Waals surface area contributed by atoms with Gasteiger partial charge in [0.15, 0.2) is 0 Å². The highest BCUT2D eigenvalue weighted by atomic mass is 32.2. The van der Waals surface area contributed by atoms with Crippen molar-refractivity contribution in [1.82, 2.24) is 9.62 Å². The van der Waals surface area contributed by atoms with Gasteiger partial charge in [-0.2, -0.15) is 13.1 Å². The van der Waals surface area contributed by atoms with E-state index in [1.54, 1.807) is 6.92 Å². The molecule has 12 heteroatoms. The molecule has 2 saturated heterocycles. The summed E-state index contributed by atoms with van der Waals surface area (Å²) in [4.78, 5) is 26.1. The van der Waals surface area contributed by atoms with Gasteiger partial charge in [0.2, 0.25) is 5.91 Å². The van der Waals surface area contributed by atoms with Gasteiger partial charge in [0.1, 0.15) is 11.7 Å². The Kier molecular flexibility index (Phi) is 5.58. The number of aliphatic hydroxyl groups excluding tert-OH is 1. The standard InChI is InChI=1S/C15H24N4O6S2/c1-6-11-10(7(2)20)14(21)19(11)12(15(22)23)13(6)26-9-3-8(17-5-9)4-18-27(16,24)25/h6-11,17-18,20H,3-5H2,1-2H3,(H,22,23)(H2,16,24,25)/p+1/t6-,7-,8+,9?,10-,11?/m1/s1. The van der Waals surface area contributed by atoms with Crippen molar-refractivity contribution >= 4 is 33.8 Å². The number of nitrogens with zero attached hydrogens (tertiary/aromatic N) is 1. The SMILES string of the molecule is C[C@H]1C(SC2C[NH2+][C@H](CNS(N)(=O)=O)C2)=C(C(=O)O)N2C(=O)[C@H]([C@@H](C)O)C12. The lowest BCUT2D eigenvalue weighted by atomic mass is 9.79. The van der Waals surface area contributed by atoms with Crippen molar-refractivity contribution in [1.29, 1.82) is 0 Å². The number of carbonyl (C=O) groups excluding carboxylic acids is 1. The number of aliphatic hydroxyl groups is 1. The van der Waals surface area contributed by atoms with Crippen molar-refractivity contribution in [2.75, 3.05) is 13.1 Å². The molecule has 3 heterocycles. The van der Waals surface area contributed by atoms with Crippen molar-refractivity contribution in [3.05, 3.63) is 10.6 Å². The Hall–Kier alpha value is -1.18. The summed E-state index contributed by atoms with van der Waals surface area (Å²) in [7, 11) is -3.74. The Balaban J connectivity index is 1.71. The maximum atomic E-state index is 12.3. The molecule has 27 heavy (non-hydrogen) atoms. The normalized spacial score (nSPS) is 34.6. The Morgan fingerprint density at radius 3 is 2.74 bits per heavy atom. The second kappa shape index (κ2) is 7.33. The predicted octanol–water partition coefficient (Wildman–Crippen LogP) is -2.63. The number of β-lactam (4-membered cyclic amide) rings is 1. The molecule has 3 aliphatic heterocycles. The summed E-state index contributed by atoms with van der Waals surface area (Å²) in [6, 6.07) is -0.299. The van der Waals surface area contributed by atoms with Gasteiger partial charge in [-0.25, -0.2) is 9.93 Å². The molecule has 0 spiro atoms. The number of hydrogen-bond donors (Lipinski definition) is 5. The number of amides is 1. The molecule has 0 aromatic heterocycles. The second-order valence-corrected chi connectivity index (χ2v) is 10.1. The number of nitrogens with one attached hydrogen (secondary N) is 1. The first kappa shape index (κ1) is 20.6. The number of aliphatic carboxylic acids is 1. The van der Waals surface area contributed by atoms with Crippen LogP contribution in [0.25, 0.3) is 0 Å². The molecule has 0 radical (unpaired) electrons. The minimum atomic E-state index is -3.74. The van der Waals surface area contributed by atoms with Gasteiger partial charge in [-0.3, -0.25) is 4.79 Å². The van der Waals surface area contributed by atoms with Gasteiger partial charge in [-0.15, -0.1) is 11.8 Å². The number of nitrogens with two attached hydrogens (primary N) is 2. The van der Waals surface area contributed by atoms with Crippen LogP contribution in [-0.2, 0) is 19.8 Å². The molecule has 0 bridgehead atoms. The van der Waals surface area contributed by atoms with E-state index in [-0.39, 0.29) is 41.4 Å². The number of quaternary nitrogens is 1. The highest BCUT2D eigenvalue weighted by Crippen LogP contribution is 2.51. The van der Waals surface area contributed by atoms with Crippen LogP contribution in [0.2, 0.25) is 0 Å². The lowest BCUT2D eigenvalue weighted by Crippen LogP contribution is -2.88. The minimum absolute atomic E-state index is 0.0190. The molecule has 0 aromatic carbocycles. The second-order valence-electron chi connectivity index (χ2n) is 7.37. The van der Waals surface area contributed by atoms with Gasteiger partial charge < -0.3 is 20.4 Å². The molecule has 7 N–H and O–H groups in total. The van der Waals surface area contributed by atoms with E-state index in [9.17, 15) is 28.2 Å². The number of carbonyl (C=O) groups is 2. The Morgan fingerprint density at radius 1 is 1.52 bits per heavy atom. The number of thioether (sulfide) groups is 1. The van der Waals surface area contributed by atoms with E-state index in [1.807, 2.05) is 12.2 Å². The quantitative estimate of drug-likeness (QED) is 0.280. The number of hydrogen-bond acceptors (Lipinski definition) is 6. The first-order valence-corrected chi connectivity index (χ1v) is 11.2. The fourth-order valence-corrected chi connectivity index (χ4v) is 6.23. The lowest BCUT2D eigenvalue weighted by molar-refractivity contribution is -0.667. The van der Waals surface area contributed by atoms with Gasteiger partial charge in [-0.1, -0.05) is 6.92 Å². The lowest BCUT2D eigenvalue weighted by Gasteiger charge is -2.46. The fraction of sp³-hybridized carbons (Fsp3) is 0.733. The molecule has 2 unspecified atom stereocenters. The highest BCUT2D eigenvalue weighted by Gasteiger charge is 2.60. The number of rotatable bonds is 7. The van der Waals surface area contributed by atoms with E-state index in [0.29, 0.717) is 17.9 Å². The smallest absolute Gasteiger partial charge is 0.353 e. The van der Waals surface area contributed by atoms with Crippen LogP contribution < -0.4 is 15.2 Å². The van der Waals surface area contributed by atoms with E-state index < -0.39 is 28.2 Å². The molecule has 0 aliphatic carbocycles. The molecule has 0 saturated carbocycles. The summed E-state index contributed by atoms with van der Waals surface area (Å²) in [5, 5.41) is 26.6. The van der Waals surface area contributed by atoms with E-state index in [4.69, 9.17) is 5.14 Å². The molecular formula is C15H25N4O6S2+.